The maximum atomic E-state index is 11.2. The minimum Gasteiger partial charge on any atom is -0.299 e. The third-order valence-corrected chi connectivity index (χ3v) is 2.68. The first-order valence-corrected chi connectivity index (χ1v) is 3.85. The molecule has 10 heavy (non-hydrogen) atoms. The molecular weight excluding hydrogens is 128 g/mol. The minimum atomic E-state index is -0.182. The Kier molecular flexibility index (Phi) is 1.16. The molecule has 2 nitrogen and oxygen atoms in total. The largest absolute Gasteiger partial charge is 0.299 e. The summed E-state index contributed by atoms with van der Waals surface area (Å²) in [6.45, 7) is 0. The van der Waals surface area contributed by atoms with Gasteiger partial charge in [0.1, 0.15) is 11.6 Å². The van der Waals surface area contributed by atoms with E-state index >= 15 is 0 Å². The Hall–Kier alpha value is -0.660. The SMILES string of the molecule is O=C1CCC2CCC1C2=O. The summed E-state index contributed by atoms with van der Waals surface area (Å²) in [5.41, 5.74) is 0. The second kappa shape index (κ2) is 1.91. The zero-order chi connectivity index (χ0) is 7.14. The number of ketones is 2. The van der Waals surface area contributed by atoms with Gasteiger partial charge in [-0.05, 0) is 19.3 Å². The monoisotopic (exact) mass is 138 g/mol. The highest BCUT2D eigenvalue weighted by Crippen LogP contribution is 2.36. The number of Topliss-reactive ketones (excluding diaryl/α,β-unsaturated/α-hetero) is 2. The van der Waals surface area contributed by atoms with Crippen LogP contribution in [0, 0.1) is 11.8 Å². The molecule has 0 spiro atoms. The Morgan fingerprint density at radius 2 is 1.90 bits per heavy atom. The average Bonchev–Trinajstić information content (AvgIpc) is 2.13. The lowest BCUT2D eigenvalue weighted by atomic mass is 9.87. The highest BCUT2D eigenvalue weighted by molar-refractivity contribution is 6.06. The van der Waals surface area contributed by atoms with Crippen LogP contribution in [0.4, 0.5) is 0 Å². The number of rotatable bonds is 0. The highest BCUT2D eigenvalue weighted by atomic mass is 16.2. The molecule has 0 amide bonds. The Bertz CT molecular complexity index is 195. The standard InChI is InChI=1S/C8H10O2/c9-7-4-2-5-1-3-6(7)8(5)10/h5-6H,1-4H2. The van der Waals surface area contributed by atoms with Crippen LogP contribution in [-0.4, -0.2) is 11.6 Å². The lowest BCUT2D eigenvalue weighted by Crippen LogP contribution is -2.27. The smallest absolute Gasteiger partial charge is 0.146 e. The molecular formula is C8H10O2. The topological polar surface area (TPSA) is 34.1 Å². The van der Waals surface area contributed by atoms with Gasteiger partial charge in [0.2, 0.25) is 0 Å². The molecule has 2 aliphatic rings. The summed E-state index contributed by atoms with van der Waals surface area (Å²) in [5, 5.41) is 0. The lowest BCUT2D eigenvalue weighted by molar-refractivity contribution is -0.135. The predicted molar refractivity (Wildman–Crippen MR) is 35.5 cm³/mol. The third-order valence-electron chi connectivity index (χ3n) is 2.68. The summed E-state index contributed by atoms with van der Waals surface area (Å²) in [4.78, 5) is 22.2. The fourth-order valence-electron chi connectivity index (χ4n) is 2.03. The van der Waals surface area contributed by atoms with Crippen LogP contribution in [0.1, 0.15) is 25.7 Å². The van der Waals surface area contributed by atoms with E-state index in [1.54, 1.807) is 0 Å². The first-order chi connectivity index (χ1) is 4.79. The van der Waals surface area contributed by atoms with Gasteiger partial charge in [-0.1, -0.05) is 0 Å². The summed E-state index contributed by atoms with van der Waals surface area (Å²) >= 11 is 0. The van der Waals surface area contributed by atoms with E-state index in [2.05, 4.69) is 0 Å². The van der Waals surface area contributed by atoms with Crippen molar-refractivity contribution < 1.29 is 9.59 Å². The molecule has 2 heteroatoms. The van der Waals surface area contributed by atoms with E-state index in [4.69, 9.17) is 0 Å². The van der Waals surface area contributed by atoms with Crippen molar-refractivity contribution in [3.8, 4) is 0 Å². The Balaban J connectivity index is 2.28. The van der Waals surface area contributed by atoms with Gasteiger partial charge in [0, 0.05) is 12.3 Å². The van der Waals surface area contributed by atoms with Crippen molar-refractivity contribution in [2.45, 2.75) is 25.7 Å². The second-order valence-electron chi connectivity index (χ2n) is 3.23. The Labute approximate surface area is 59.6 Å². The van der Waals surface area contributed by atoms with E-state index in [1.807, 2.05) is 0 Å². The molecule has 2 atom stereocenters. The van der Waals surface area contributed by atoms with E-state index in [9.17, 15) is 9.59 Å². The van der Waals surface area contributed by atoms with Crippen LogP contribution < -0.4 is 0 Å². The van der Waals surface area contributed by atoms with Crippen molar-refractivity contribution in [1.29, 1.82) is 0 Å². The fraction of sp³-hybridized carbons (Fsp3) is 0.750. The maximum absolute atomic E-state index is 11.2. The summed E-state index contributed by atoms with van der Waals surface area (Å²) < 4.78 is 0. The molecule has 2 fully saturated rings. The normalized spacial score (nSPS) is 38.8. The molecule has 54 valence electrons. The van der Waals surface area contributed by atoms with Crippen LogP contribution >= 0.6 is 0 Å². The van der Waals surface area contributed by atoms with Crippen LogP contribution in [0.5, 0.6) is 0 Å². The lowest BCUT2D eigenvalue weighted by Gasteiger charge is -2.14. The van der Waals surface area contributed by atoms with Crippen molar-refractivity contribution in [2.75, 3.05) is 0 Å². The van der Waals surface area contributed by atoms with Gasteiger partial charge in [-0.15, -0.1) is 0 Å². The summed E-state index contributed by atoms with van der Waals surface area (Å²) in [6, 6.07) is 0. The van der Waals surface area contributed by atoms with Crippen molar-refractivity contribution >= 4 is 11.6 Å². The van der Waals surface area contributed by atoms with Gasteiger partial charge in [-0.3, -0.25) is 9.59 Å². The number of carbonyl (C=O) groups excluding carboxylic acids is 2. The molecule has 0 aromatic heterocycles. The van der Waals surface area contributed by atoms with Gasteiger partial charge >= 0.3 is 0 Å². The second-order valence-corrected chi connectivity index (χ2v) is 3.23. The maximum Gasteiger partial charge on any atom is 0.146 e. The van der Waals surface area contributed by atoms with Gasteiger partial charge in [0.15, 0.2) is 0 Å². The minimum absolute atomic E-state index is 0.182. The van der Waals surface area contributed by atoms with E-state index in [0.717, 1.165) is 19.3 Å². The van der Waals surface area contributed by atoms with Crippen LogP contribution in [0.25, 0.3) is 0 Å². The van der Waals surface area contributed by atoms with E-state index in [1.165, 1.54) is 0 Å². The number of hydrogen-bond donors (Lipinski definition) is 0. The van der Waals surface area contributed by atoms with E-state index in [0.29, 0.717) is 6.42 Å². The van der Waals surface area contributed by atoms with Gasteiger partial charge in [0.25, 0.3) is 0 Å². The van der Waals surface area contributed by atoms with Crippen molar-refractivity contribution in [3.05, 3.63) is 0 Å². The van der Waals surface area contributed by atoms with Crippen molar-refractivity contribution in [2.24, 2.45) is 11.8 Å². The summed E-state index contributed by atoms with van der Waals surface area (Å²) in [7, 11) is 0. The van der Waals surface area contributed by atoms with Gasteiger partial charge in [-0.25, -0.2) is 0 Å². The van der Waals surface area contributed by atoms with Crippen LogP contribution in [0.2, 0.25) is 0 Å². The number of fused-ring (bicyclic) bond motifs is 2. The predicted octanol–water partition coefficient (Wildman–Crippen LogP) is 0.945. The zero-order valence-electron chi connectivity index (χ0n) is 5.80. The molecule has 0 N–H and O–H groups in total. The fourth-order valence-corrected chi connectivity index (χ4v) is 2.03. The summed E-state index contributed by atoms with van der Waals surface area (Å²) in [6.07, 6.45) is 3.28. The molecule has 0 radical (unpaired) electrons. The molecule has 0 aromatic rings. The molecule has 0 saturated heterocycles. The van der Waals surface area contributed by atoms with Gasteiger partial charge < -0.3 is 0 Å². The molecule has 0 aromatic carbocycles. The Morgan fingerprint density at radius 1 is 1.10 bits per heavy atom. The zero-order valence-corrected chi connectivity index (χ0v) is 5.80. The first-order valence-electron chi connectivity index (χ1n) is 3.85. The number of hydrogen-bond acceptors (Lipinski definition) is 2. The summed E-state index contributed by atoms with van der Waals surface area (Å²) in [5.74, 6) is 0.497. The molecule has 2 saturated carbocycles. The van der Waals surface area contributed by atoms with Crippen LogP contribution in [-0.2, 0) is 9.59 Å². The molecule has 2 unspecified atom stereocenters. The first kappa shape index (κ1) is 6.08. The quantitative estimate of drug-likeness (QED) is 0.467. The van der Waals surface area contributed by atoms with Gasteiger partial charge in [0.05, 0.1) is 5.92 Å². The van der Waals surface area contributed by atoms with Crippen molar-refractivity contribution in [1.82, 2.24) is 0 Å². The average molecular weight is 138 g/mol. The highest BCUT2D eigenvalue weighted by Gasteiger charge is 2.42. The van der Waals surface area contributed by atoms with Crippen LogP contribution in [0.3, 0.4) is 0 Å². The molecule has 0 heterocycles. The Morgan fingerprint density at radius 3 is 2.60 bits per heavy atom. The molecule has 2 bridgehead atoms. The number of carbonyl (C=O) groups is 2. The van der Waals surface area contributed by atoms with Crippen molar-refractivity contribution in [3.63, 3.8) is 0 Å². The third kappa shape index (κ3) is 0.648. The van der Waals surface area contributed by atoms with Gasteiger partial charge in [-0.2, -0.15) is 0 Å². The molecule has 2 aliphatic carbocycles. The van der Waals surface area contributed by atoms with E-state index in [-0.39, 0.29) is 23.4 Å². The molecule has 2 rings (SSSR count). The van der Waals surface area contributed by atoms with Crippen LogP contribution in [0.15, 0.2) is 0 Å². The van der Waals surface area contributed by atoms with E-state index < -0.39 is 0 Å². The molecule has 0 aliphatic heterocycles.